The van der Waals surface area contributed by atoms with Crippen molar-refractivity contribution in [2.24, 2.45) is 0 Å². The second-order valence-corrected chi connectivity index (χ2v) is 3.55. The van der Waals surface area contributed by atoms with Gasteiger partial charge < -0.3 is 4.42 Å². The zero-order chi connectivity index (χ0) is 8.27. The summed E-state index contributed by atoms with van der Waals surface area (Å²) in [5.41, 5.74) is 0. The molecule has 0 unspecified atom stereocenters. The minimum absolute atomic E-state index is 0.0352. The van der Waals surface area contributed by atoms with Crippen LogP contribution in [0, 0.1) is 0 Å². The van der Waals surface area contributed by atoms with Crippen LogP contribution in [0.4, 0.5) is 0 Å². The van der Waals surface area contributed by atoms with Gasteiger partial charge in [0.1, 0.15) is 0 Å². The molecule has 0 N–H and O–H groups in total. The van der Waals surface area contributed by atoms with Gasteiger partial charge in [-0.3, -0.25) is 9.00 Å². The van der Waals surface area contributed by atoms with Gasteiger partial charge in [0.05, 0.1) is 12.0 Å². The molecule has 0 amide bonds. The monoisotopic (exact) mass is 172 g/mol. The first-order chi connectivity index (χ1) is 5.20. The highest BCUT2D eigenvalue weighted by Gasteiger charge is 2.09. The Morgan fingerprint density at radius 3 is 2.91 bits per heavy atom. The number of carbonyl (C=O) groups excluding carboxylic acids is 1. The Balaban J connectivity index is 2.64. The molecule has 3 nitrogen and oxygen atoms in total. The van der Waals surface area contributed by atoms with Crippen LogP contribution >= 0.6 is 0 Å². The topological polar surface area (TPSA) is 47.3 Å². The number of Topliss-reactive ketones (excluding diaryl/α,β-unsaturated/α-hetero) is 1. The second kappa shape index (κ2) is 3.48. The van der Waals surface area contributed by atoms with Crippen molar-refractivity contribution >= 4 is 16.6 Å². The van der Waals surface area contributed by atoms with Crippen LogP contribution in [-0.2, 0) is 10.8 Å². The Morgan fingerprint density at radius 1 is 1.73 bits per heavy atom. The molecule has 0 aliphatic heterocycles. The summed E-state index contributed by atoms with van der Waals surface area (Å²) < 4.78 is 15.4. The minimum Gasteiger partial charge on any atom is -0.461 e. The lowest BCUT2D eigenvalue weighted by Gasteiger charge is -1.91. The molecule has 0 aliphatic carbocycles. The number of ketones is 1. The predicted molar refractivity (Wildman–Crippen MR) is 42.0 cm³/mol. The molecule has 0 radical (unpaired) electrons. The standard InChI is InChI=1S/C7H8O3S/c1-11(9)5-6(8)7-3-2-4-10-7/h2-4H,5H2,1H3/t11-/m1/s1. The fourth-order valence-electron chi connectivity index (χ4n) is 0.693. The fourth-order valence-corrected chi connectivity index (χ4v) is 1.20. The third-order valence-electron chi connectivity index (χ3n) is 1.13. The average Bonchev–Trinajstić information content (AvgIpc) is 2.35. The van der Waals surface area contributed by atoms with Crippen LogP contribution < -0.4 is 0 Å². The molecule has 0 spiro atoms. The molecule has 0 fully saturated rings. The molecule has 0 bridgehead atoms. The molecule has 0 aromatic carbocycles. The van der Waals surface area contributed by atoms with E-state index in [2.05, 4.69) is 0 Å². The highest BCUT2D eigenvalue weighted by atomic mass is 32.2. The maximum atomic E-state index is 11.0. The van der Waals surface area contributed by atoms with Crippen LogP contribution in [0.25, 0.3) is 0 Å². The first kappa shape index (κ1) is 8.20. The summed E-state index contributed by atoms with van der Waals surface area (Å²) in [6.45, 7) is 0. The molecule has 1 heterocycles. The molecule has 1 aromatic rings. The van der Waals surface area contributed by atoms with E-state index in [1.54, 1.807) is 12.1 Å². The third-order valence-corrected chi connectivity index (χ3v) is 1.80. The molecule has 11 heavy (non-hydrogen) atoms. The van der Waals surface area contributed by atoms with E-state index in [0.717, 1.165) is 0 Å². The lowest BCUT2D eigenvalue weighted by Crippen LogP contribution is -2.08. The van der Waals surface area contributed by atoms with Gasteiger partial charge >= 0.3 is 0 Å². The molecule has 1 aromatic heterocycles. The van der Waals surface area contributed by atoms with Gasteiger partial charge in [0.2, 0.25) is 5.78 Å². The zero-order valence-corrected chi connectivity index (χ0v) is 6.89. The smallest absolute Gasteiger partial charge is 0.210 e. The average molecular weight is 172 g/mol. The Labute approximate surface area is 66.9 Å². The van der Waals surface area contributed by atoms with Crippen molar-refractivity contribution in [2.75, 3.05) is 12.0 Å². The summed E-state index contributed by atoms with van der Waals surface area (Å²) in [5.74, 6) is 0.101. The summed E-state index contributed by atoms with van der Waals surface area (Å²) >= 11 is 0. The van der Waals surface area contributed by atoms with Gasteiger partial charge in [0, 0.05) is 17.1 Å². The van der Waals surface area contributed by atoms with E-state index in [1.165, 1.54) is 12.5 Å². The van der Waals surface area contributed by atoms with Gasteiger partial charge in [0.25, 0.3) is 0 Å². The summed E-state index contributed by atoms with van der Waals surface area (Å²) in [6, 6.07) is 3.20. The van der Waals surface area contributed by atoms with Crippen molar-refractivity contribution < 1.29 is 13.4 Å². The first-order valence-electron chi connectivity index (χ1n) is 3.07. The summed E-state index contributed by atoms with van der Waals surface area (Å²) in [6.07, 6.45) is 2.91. The van der Waals surface area contributed by atoms with Crippen LogP contribution in [0.2, 0.25) is 0 Å². The molecule has 1 atom stereocenters. The summed E-state index contributed by atoms with van der Waals surface area (Å²) in [7, 11) is -1.09. The highest BCUT2D eigenvalue weighted by Crippen LogP contribution is 2.01. The number of hydrogen-bond acceptors (Lipinski definition) is 3. The van der Waals surface area contributed by atoms with Crippen molar-refractivity contribution in [3.8, 4) is 0 Å². The number of rotatable bonds is 3. The van der Waals surface area contributed by atoms with Gasteiger partial charge in [-0.2, -0.15) is 0 Å². The SMILES string of the molecule is C[S@@](=O)CC(=O)c1ccco1. The van der Waals surface area contributed by atoms with E-state index >= 15 is 0 Å². The Bertz CT molecular complexity index is 263. The maximum Gasteiger partial charge on any atom is 0.210 e. The van der Waals surface area contributed by atoms with E-state index in [-0.39, 0.29) is 17.3 Å². The van der Waals surface area contributed by atoms with E-state index in [1.807, 2.05) is 0 Å². The molecule has 0 saturated heterocycles. The molecule has 4 heteroatoms. The Hall–Kier alpha value is -0.900. The Morgan fingerprint density at radius 2 is 2.45 bits per heavy atom. The van der Waals surface area contributed by atoms with Crippen molar-refractivity contribution in [2.45, 2.75) is 0 Å². The van der Waals surface area contributed by atoms with Crippen molar-refractivity contribution in [3.05, 3.63) is 24.2 Å². The van der Waals surface area contributed by atoms with Crippen LogP contribution in [0.5, 0.6) is 0 Å². The molecular formula is C7H8O3S. The van der Waals surface area contributed by atoms with Gasteiger partial charge in [-0.05, 0) is 12.1 Å². The Kier molecular flexibility index (Phi) is 2.59. The summed E-state index contributed by atoms with van der Waals surface area (Å²) in [4.78, 5) is 11.0. The third kappa shape index (κ3) is 2.31. The molecule has 0 aliphatic rings. The molecular weight excluding hydrogens is 164 g/mol. The molecule has 1 rings (SSSR count). The summed E-state index contributed by atoms with van der Waals surface area (Å²) in [5, 5.41) is 0. The van der Waals surface area contributed by atoms with Gasteiger partial charge in [0.15, 0.2) is 5.76 Å². The van der Waals surface area contributed by atoms with Crippen LogP contribution in [0.1, 0.15) is 10.6 Å². The number of carbonyl (C=O) groups is 1. The molecule has 60 valence electrons. The van der Waals surface area contributed by atoms with Crippen molar-refractivity contribution in [1.82, 2.24) is 0 Å². The number of hydrogen-bond donors (Lipinski definition) is 0. The van der Waals surface area contributed by atoms with E-state index in [9.17, 15) is 9.00 Å². The normalized spacial score (nSPS) is 12.8. The minimum atomic E-state index is -1.09. The van der Waals surface area contributed by atoms with Crippen LogP contribution in [0.3, 0.4) is 0 Å². The first-order valence-corrected chi connectivity index (χ1v) is 4.79. The van der Waals surface area contributed by atoms with E-state index in [0.29, 0.717) is 0 Å². The largest absolute Gasteiger partial charge is 0.461 e. The van der Waals surface area contributed by atoms with Gasteiger partial charge in [-0.1, -0.05) is 0 Å². The highest BCUT2D eigenvalue weighted by molar-refractivity contribution is 7.85. The predicted octanol–water partition coefficient (Wildman–Crippen LogP) is 0.841. The lowest BCUT2D eigenvalue weighted by molar-refractivity contribution is 0.0991. The number of furan rings is 1. The second-order valence-electron chi connectivity index (χ2n) is 2.12. The fraction of sp³-hybridized carbons (Fsp3) is 0.286. The van der Waals surface area contributed by atoms with Crippen LogP contribution in [0.15, 0.2) is 22.8 Å². The van der Waals surface area contributed by atoms with Crippen molar-refractivity contribution in [1.29, 1.82) is 0 Å². The van der Waals surface area contributed by atoms with Gasteiger partial charge in [-0.25, -0.2) is 0 Å². The van der Waals surface area contributed by atoms with Crippen molar-refractivity contribution in [3.63, 3.8) is 0 Å². The quantitative estimate of drug-likeness (QED) is 0.635. The van der Waals surface area contributed by atoms with Crippen LogP contribution in [-0.4, -0.2) is 22.0 Å². The zero-order valence-electron chi connectivity index (χ0n) is 6.07. The molecule has 0 saturated carbocycles. The van der Waals surface area contributed by atoms with Gasteiger partial charge in [-0.15, -0.1) is 0 Å². The maximum absolute atomic E-state index is 11.0. The lowest BCUT2D eigenvalue weighted by atomic mass is 10.3. The van der Waals surface area contributed by atoms with E-state index < -0.39 is 10.8 Å². The van der Waals surface area contributed by atoms with E-state index in [4.69, 9.17) is 4.42 Å².